The summed E-state index contributed by atoms with van der Waals surface area (Å²) in [6.45, 7) is 1.74. The molecule has 0 saturated heterocycles. The van der Waals surface area contributed by atoms with Crippen LogP contribution in [0.2, 0.25) is 0 Å². The van der Waals surface area contributed by atoms with E-state index in [-0.39, 0.29) is 5.82 Å². The van der Waals surface area contributed by atoms with E-state index >= 15 is 0 Å². The van der Waals surface area contributed by atoms with Crippen molar-refractivity contribution in [1.82, 2.24) is 15.0 Å². The molecule has 1 aromatic carbocycles. The van der Waals surface area contributed by atoms with Crippen molar-refractivity contribution in [2.24, 2.45) is 0 Å². The van der Waals surface area contributed by atoms with Crippen LogP contribution < -0.4 is 0 Å². The van der Waals surface area contributed by atoms with Gasteiger partial charge in [0.25, 0.3) is 0 Å². The lowest BCUT2D eigenvalue weighted by molar-refractivity contribution is 0.621. The molecule has 17 heavy (non-hydrogen) atoms. The van der Waals surface area contributed by atoms with E-state index in [0.717, 1.165) is 11.0 Å². The molecule has 3 aromatic rings. The predicted molar refractivity (Wildman–Crippen MR) is 64.0 cm³/mol. The Morgan fingerprint density at radius 1 is 1.24 bits per heavy atom. The summed E-state index contributed by atoms with van der Waals surface area (Å²) in [6.07, 6.45) is 3.35. The number of aryl methyl sites for hydroxylation is 1. The number of aromatic amines is 1. The van der Waals surface area contributed by atoms with Gasteiger partial charge in [0.2, 0.25) is 0 Å². The van der Waals surface area contributed by atoms with Gasteiger partial charge in [-0.2, -0.15) is 0 Å². The summed E-state index contributed by atoms with van der Waals surface area (Å²) in [4.78, 5) is 11.4. The number of hydrogen-bond acceptors (Lipinski definition) is 2. The number of imidazole rings is 1. The minimum atomic E-state index is -0.237. The van der Waals surface area contributed by atoms with Crippen LogP contribution in [0.25, 0.3) is 22.4 Å². The van der Waals surface area contributed by atoms with Gasteiger partial charge < -0.3 is 4.98 Å². The standard InChI is InChI=1S/C13H10FN3/c1-8-3-2-4-9(12(8)14)13-16-10-5-6-15-7-11(10)17-13/h2-7H,1H3,(H,16,17). The number of halogens is 1. The van der Waals surface area contributed by atoms with Gasteiger partial charge in [-0.05, 0) is 24.6 Å². The Morgan fingerprint density at radius 3 is 2.94 bits per heavy atom. The molecule has 3 nitrogen and oxygen atoms in total. The van der Waals surface area contributed by atoms with Crippen LogP contribution in [0.5, 0.6) is 0 Å². The van der Waals surface area contributed by atoms with Gasteiger partial charge in [-0.25, -0.2) is 9.37 Å². The largest absolute Gasteiger partial charge is 0.337 e. The van der Waals surface area contributed by atoms with Gasteiger partial charge in [-0.3, -0.25) is 4.98 Å². The minimum Gasteiger partial charge on any atom is -0.337 e. The third kappa shape index (κ3) is 1.58. The van der Waals surface area contributed by atoms with E-state index in [4.69, 9.17) is 0 Å². The normalized spacial score (nSPS) is 10.9. The maximum absolute atomic E-state index is 13.9. The summed E-state index contributed by atoms with van der Waals surface area (Å²) >= 11 is 0. The smallest absolute Gasteiger partial charge is 0.141 e. The van der Waals surface area contributed by atoms with Gasteiger partial charge in [0.05, 0.1) is 22.8 Å². The van der Waals surface area contributed by atoms with Crippen molar-refractivity contribution in [1.29, 1.82) is 0 Å². The summed E-state index contributed by atoms with van der Waals surface area (Å²) in [7, 11) is 0. The van der Waals surface area contributed by atoms with Crippen molar-refractivity contribution in [2.75, 3.05) is 0 Å². The lowest BCUT2D eigenvalue weighted by atomic mass is 10.1. The highest BCUT2D eigenvalue weighted by atomic mass is 19.1. The third-order valence-corrected chi connectivity index (χ3v) is 2.73. The molecule has 2 heterocycles. The molecule has 0 amide bonds. The molecule has 0 aliphatic carbocycles. The predicted octanol–water partition coefficient (Wildman–Crippen LogP) is 3.07. The number of H-pyrrole nitrogens is 1. The van der Waals surface area contributed by atoms with Crippen LogP contribution in [0, 0.1) is 12.7 Å². The van der Waals surface area contributed by atoms with E-state index in [9.17, 15) is 4.39 Å². The number of hydrogen-bond donors (Lipinski definition) is 1. The first-order valence-corrected chi connectivity index (χ1v) is 5.31. The quantitative estimate of drug-likeness (QED) is 0.694. The third-order valence-electron chi connectivity index (χ3n) is 2.73. The molecule has 2 aromatic heterocycles. The highest BCUT2D eigenvalue weighted by Crippen LogP contribution is 2.24. The van der Waals surface area contributed by atoms with Crippen molar-refractivity contribution >= 4 is 11.0 Å². The number of benzene rings is 1. The van der Waals surface area contributed by atoms with Crippen molar-refractivity contribution in [3.05, 3.63) is 48.0 Å². The zero-order valence-corrected chi connectivity index (χ0v) is 9.24. The number of aromatic nitrogens is 3. The second-order valence-corrected chi connectivity index (χ2v) is 3.91. The summed E-state index contributed by atoms with van der Waals surface area (Å²) in [6, 6.07) is 7.07. The Bertz CT molecular complexity index is 655. The van der Waals surface area contributed by atoms with Crippen LogP contribution in [-0.2, 0) is 0 Å². The van der Waals surface area contributed by atoms with Crippen LogP contribution in [0.4, 0.5) is 4.39 Å². The zero-order chi connectivity index (χ0) is 11.8. The number of pyridine rings is 1. The van der Waals surface area contributed by atoms with Crippen LogP contribution in [0.15, 0.2) is 36.7 Å². The summed E-state index contributed by atoms with van der Waals surface area (Å²) in [5.41, 5.74) is 2.70. The fourth-order valence-corrected chi connectivity index (χ4v) is 1.81. The molecule has 0 radical (unpaired) electrons. The monoisotopic (exact) mass is 227 g/mol. The number of nitrogens with zero attached hydrogens (tertiary/aromatic N) is 2. The molecule has 4 heteroatoms. The number of rotatable bonds is 1. The molecule has 84 valence electrons. The lowest BCUT2D eigenvalue weighted by Crippen LogP contribution is -1.89. The van der Waals surface area contributed by atoms with E-state index in [2.05, 4.69) is 15.0 Å². The fourth-order valence-electron chi connectivity index (χ4n) is 1.81. The van der Waals surface area contributed by atoms with Gasteiger partial charge in [0, 0.05) is 6.20 Å². The first kappa shape index (κ1) is 9.96. The van der Waals surface area contributed by atoms with Crippen molar-refractivity contribution in [3.63, 3.8) is 0 Å². The lowest BCUT2D eigenvalue weighted by Gasteiger charge is -2.01. The van der Waals surface area contributed by atoms with Gasteiger partial charge in [0.15, 0.2) is 0 Å². The van der Waals surface area contributed by atoms with Crippen LogP contribution in [-0.4, -0.2) is 15.0 Å². The highest BCUT2D eigenvalue weighted by Gasteiger charge is 2.11. The van der Waals surface area contributed by atoms with Crippen molar-refractivity contribution in [3.8, 4) is 11.4 Å². The fraction of sp³-hybridized carbons (Fsp3) is 0.0769. The van der Waals surface area contributed by atoms with E-state index in [1.807, 2.05) is 6.07 Å². The van der Waals surface area contributed by atoms with Crippen molar-refractivity contribution < 1.29 is 4.39 Å². The second kappa shape index (κ2) is 3.66. The number of fused-ring (bicyclic) bond motifs is 1. The maximum atomic E-state index is 13.9. The van der Waals surface area contributed by atoms with E-state index in [1.165, 1.54) is 0 Å². The molecular formula is C13H10FN3. The van der Waals surface area contributed by atoms with Crippen molar-refractivity contribution in [2.45, 2.75) is 6.92 Å². The zero-order valence-electron chi connectivity index (χ0n) is 9.24. The first-order chi connectivity index (χ1) is 8.25. The topological polar surface area (TPSA) is 41.6 Å². The Kier molecular flexibility index (Phi) is 2.14. The molecule has 0 atom stereocenters. The molecule has 1 N–H and O–H groups in total. The first-order valence-electron chi connectivity index (χ1n) is 5.31. The van der Waals surface area contributed by atoms with Crippen LogP contribution >= 0.6 is 0 Å². The second-order valence-electron chi connectivity index (χ2n) is 3.91. The Hall–Kier alpha value is -2.23. The molecule has 0 unspecified atom stereocenters. The van der Waals surface area contributed by atoms with E-state index in [0.29, 0.717) is 17.0 Å². The molecule has 0 aliphatic rings. The average Bonchev–Trinajstić information content (AvgIpc) is 2.76. The molecular weight excluding hydrogens is 217 g/mol. The molecule has 0 saturated carbocycles. The van der Waals surface area contributed by atoms with Crippen LogP contribution in [0.1, 0.15) is 5.56 Å². The van der Waals surface area contributed by atoms with Gasteiger partial charge in [-0.15, -0.1) is 0 Å². The highest BCUT2D eigenvalue weighted by molar-refractivity contribution is 5.78. The summed E-state index contributed by atoms with van der Waals surface area (Å²) in [5, 5.41) is 0. The minimum absolute atomic E-state index is 0.237. The summed E-state index contributed by atoms with van der Waals surface area (Å²) < 4.78 is 13.9. The average molecular weight is 227 g/mol. The van der Waals surface area contributed by atoms with E-state index in [1.54, 1.807) is 37.5 Å². The Labute approximate surface area is 97.3 Å². The molecule has 0 bridgehead atoms. The maximum Gasteiger partial charge on any atom is 0.141 e. The number of nitrogens with one attached hydrogen (secondary N) is 1. The SMILES string of the molecule is Cc1cccc(-c2nc3ccncc3[nH]2)c1F. The summed E-state index contributed by atoms with van der Waals surface area (Å²) in [5.74, 6) is 0.300. The molecule has 0 fully saturated rings. The van der Waals surface area contributed by atoms with Crippen LogP contribution in [0.3, 0.4) is 0 Å². The molecule has 0 aliphatic heterocycles. The Balaban J connectivity index is 2.24. The van der Waals surface area contributed by atoms with E-state index < -0.39 is 0 Å². The van der Waals surface area contributed by atoms with Gasteiger partial charge >= 0.3 is 0 Å². The van der Waals surface area contributed by atoms with Gasteiger partial charge in [0.1, 0.15) is 11.6 Å². The van der Waals surface area contributed by atoms with Gasteiger partial charge in [-0.1, -0.05) is 12.1 Å². The Morgan fingerprint density at radius 2 is 2.12 bits per heavy atom. The molecule has 3 rings (SSSR count). The molecule has 0 spiro atoms.